The molecule has 0 amide bonds. The standard InChI is InChI=1S/C5H8ClN3O2S/c6-4-1-2-5(7,9-3-4)12(8,10)11/h1-3,9H,7H2,(H2,8,10,11). The van der Waals surface area contributed by atoms with Crippen molar-refractivity contribution < 1.29 is 8.42 Å². The average Bonchev–Trinajstić information content (AvgIpc) is 1.93. The number of nitrogens with two attached hydrogens (primary N) is 2. The first-order chi connectivity index (χ1) is 5.35. The summed E-state index contributed by atoms with van der Waals surface area (Å²) in [6.45, 7) is 0. The van der Waals surface area contributed by atoms with Crippen LogP contribution in [-0.4, -0.2) is 13.4 Å². The van der Waals surface area contributed by atoms with Crippen molar-refractivity contribution >= 4 is 21.6 Å². The molecule has 1 heterocycles. The van der Waals surface area contributed by atoms with Crippen LogP contribution in [0.3, 0.4) is 0 Å². The van der Waals surface area contributed by atoms with Gasteiger partial charge in [-0.3, -0.25) is 5.73 Å². The number of halogens is 1. The molecule has 7 heteroatoms. The summed E-state index contributed by atoms with van der Waals surface area (Å²) in [7, 11) is -3.87. The van der Waals surface area contributed by atoms with Crippen LogP contribution in [0.25, 0.3) is 0 Å². The van der Waals surface area contributed by atoms with E-state index in [0.29, 0.717) is 5.03 Å². The number of primary sulfonamides is 1. The Morgan fingerprint density at radius 1 is 1.58 bits per heavy atom. The van der Waals surface area contributed by atoms with Gasteiger partial charge in [0, 0.05) is 6.20 Å². The third kappa shape index (κ3) is 1.61. The summed E-state index contributed by atoms with van der Waals surface area (Å²) in [5.74, 6) is 0. The molecule has 0 radical (unpaired) electrons. The molecule has 0 aromatic carbocycles. The van der Waals surface area contributed by atoms with E-state index in [-0.39, 0.29) is 0 Å². The van der Waals surface area contributed by atoms with Gasteiger partial charge in [0.05, 0.1) is 5.03 Å². The maximum Gasteiger partial charge on any atom is 0.251 e. The maximum atomic E-state index is 10.9. The van der Waals surface area contributed by atoms with Crippen LogP contribution in [0.4, 0.5) is 0 Å². The van der Waals surface area contributed by atoms with Gasteiger partial charge in [-0.1, -0.05) is 11.6 Å². The fourth-order valence-electron chi connectivity index (χ4n) is 0.658. The lowest BCUT2D eigenvalue weighted by Gasteiger charge is -2.25. The minimum Gasteiger partial charge on any atom is -0.355 e. The molecule has 0 bridgehead atoms. The molecular formula is C5H8ClN3O2S. The molecule has 12 heavy (non-hydrogen) atoms. The fraction of sp³-hybridized carbons (Fsp3) is 0.200. The molecule has 0 aromatic heterocycles. The van der Waals surface area contributed by atoms with Gasteiger partial charge in [0.25, 0.3) is 10.0 Å². The maximum absolute atomic E-state index is 10.9. The van der Waals surface area contributed by atoms with Gasteiger partial charge in [0.2, 0.25) is 4.99 Å². The van der Waals surface area contributed by atoms with E-state index in [1.165, 1.54) is 18.4 Å². The number of sulfonamides is 1. The van der Waals surface area contributed by atoms with Crippen LogP contribution >= 0.6 is 11.6 Å². The van der Waals surface area contributed by atoms with Gasteiger partial charge >= 0.3 is 0 Å². The lowest BCUT2D eigenvalue weighted by molar-refractivity contribution is 0.534. The number of allylic oxidation sites excluding steroid dienone is 2. The Morgan fingerprint density at radius 2 is 2.17 bits per heavy atom. The lowest BCUT2D eigenvalue weighted by atomic mass is 10.3. The molecule has 0 saturated heterocycles. The van der Waals surface area contributed by atoms with E-state index < -0.39 is 15.0 Å². The molecule has 1 aliphatic heterocycles. The van der Waals surface area contributed by atoms with Crippen LogP contribution in [0.2, 0.25) is 0 Å². The van der Waals surface area contributed by atoms with E-state index >= 15 is 0 Å². The van der Waals surface area contributed by atoms with E-state index in [9.17, 15) is 8.42 Å². The highest BCUT2D eigenvalue weighted by atomic mass is 35.5. The summed E-state index contributed by atoms with van der Waals surface area (Å²) < 4.78 is 21.8. The van der Waals surface area contributed by atoms with Crippen molar-refractivity contribution in [3.05, 3.63) is 23.4 Å². The largest absolute Gasteiger partial charge is 0.355 e. The van der Waals surface area contributed by atoms with Gasteiger partial charge in [-0.2, -0.15) is 0 Å². The molecule has 68 valence electrons. The third-order valence-corrected chi connectivity index (χ3v) is 2.83. The normalized spacial score (nSPS) is 29.4. The second-order valence-corrected chi connectivity index (χ2v) is 4.55. The average molecular weight is 210 g/mol. The number of hydrogen-bond donors (Lipinski definition) is 3. The Bertz CT molecular complexity index is 348. The Hall–Kier alpha value is -0.560. The SMILES string of the molecule is NC1(S(N)(=O)=O)C=CC(Cl)=CN1. The second kappa shape index (κ2) is 2.74. The summed E-state index contributed by atoms with van der Waals surface area (Å²) in [5, 5.41) is 7.58. The molecule has 0 saturated carbocycles. The zero-order chi connectivity index (χ0) is 9.41. The first kappa shape index (κ1) is 9.53. The Morgan fingerprint density at radius 3 is 2.50 bits per heavy atom. The minimum atomic E-state index is -3.87. The Labute approximate surface area is 75.1 Å². The van der Waals surface area contributed by atoms with Crippen molar-refractivity contribution in [3.8, 4) is 0 Å². The highest BCUT2D eigenvalue weighted by molar-refractivity contribution is 7.90. The van der Waals surface area contributed by atoms with Crippen molar-refractivity contribution in [2.24, 2.45) is 10.9 Å². The fourth-order valence-corrected chi connectivity index (χ4v) is 1.26. The zero-order valence-corrected chi connectivity index (χ0v) is 7.56. The predicted octanol–water partition coefficient (Wildman–Crippen LogP) is -0.873. The van der Waals surface area contributed by atoms with Crippen molar-refractivity contribution in [2.45, 2.75) is 4.99 Å². The molecule has 1 atom stereocenters. The molecular weight excluding hydrogens is 202 g/mol. The van der Waals surface area contributed by atoms with Crippen molar-refractivity contribution in [1.29, 1.82) is 0 Å². The molecule has 5 nitrogen and oxygen atoms in total. The van der Waals surface area contributed by atoms with E-state index in [4.69, 9.17) is 22.5 Å². The highest BCUT2D eigenvalue weighted by Crippen LogP contribution is 2.14. The van der Waals surface area contributed by atoms with Crippen LogP contribution in [-0.2, 0) is 10.0 Å². The van der Waals surface area contributed by atoms with Gasteiger partial charge in [0.1, 0.15) is 0 Å². The van der Waals surface area contributed by atoms with E-state index in [1.807, 2.05) is 0 Å². The van der Waals surface area contributed by atoms with Gasteiger partial charge < -0.3 is 5.32 Å². The van der Waals surface area contributed by atoms with Crippen LogP contribution in [0, 0.1) is 0 Å². The summed E-state index contributed by atoms with van der Waals surface area (Å²) in [4.78, 5) is -1.74. The van der Waals surface area contributed by atoms with E-state index in [1.54, 1.807) is 0 Å². The number of nitrogens with one attached hydrogen (secondary N) is 1. The molecule has 0 aromatic rings. The summed E-state index contributed by atoms with van der Waals surface area (Å²) in [6, 6.07) is 0. The van der Waals surface area contributed by atoms with Gasteiger partial charge in [0.15, 0.2) is 0 Å². The lowest BCUT2D eigenvalue weighted by Crippen LogP contribution is -2.59. The predicted molar refractivity (Wildman–Crippen MR) is 46.2 cm³/mol. The number of rotatable bonds is 1. The molecule has 0 fully saturated rings. The van der Waals surface area contributed by atoms with Gasteiger partial charge in [-0.25, -0.2) is 13.6 Å². The van der Waals surface area contributed by atoms with Crippen molar-refractivity contribution in [1.82, 2.24) is 5.32 Å². The number of hydrogen-bond acceptors (Lipinski definition) is 4. The molecule has 1 aliphatic rings. The van der Waals surface area contributed by atoms with Gasteiger partial charge in [-0.05, 0) is 12.2 Å². The number of dihydropyridines is 1. The smallest absolute Gasteiger partial charge is 0.251 e. The first-order valence-electron chi connectivity index (χ1n) is 2.99. The highest BCUT2D eigenvalue weighted by Gasteiger charge is 2.34. The van der Waals surface area contributed by atoms with E-state index in [0.717, 1.165) is 0 Å². The Balaban J connectivity index is 3.02. The second-order valence-electron chi connectivity index (χ2n) is 2.35. The molecule has 1 unspecified atom stereocenters. The topological polar surface area (TPSA) is 98.2 Å². The van der Waals surface area contributed by atoms with Crippen LogP contribution in [0.1, 0.15) is 0 Å². The quantitative estimate of drug-likeness (QED) is 0.523. The first-order valence-corrected chi connectivity index (χ1v) is 4.91. The minimum absolute atomic E-state index is 0.361. The monoisotopic (exact) mass is 209 g/mol. The molecule has 5 N–H and O–H groups in total. The van der Waals surface area contributed by atoms with E-state index in [2.05, 4.69) is 5.32 Å². The van der Waals surface area contributed by atoms with Crippen LogP contribution in [0.15, 0.2) is 23.4 Å². The van der Waals surface area contributed by atoms with Gasteiger partial charge in [-0.15, -0.1) is 0 Å². The Kier molecular flexibility index (Phi) is 2.17. The summed E-state index contributed by atoms with van der Waals surface area (Å²) in [5.41, 5.74) is 5.38. The third-order valence-electron chi connectivity index (χ3n) is 1.40. The summed E-state index contributed by atoms with van der Waals surface area (Å²) >= 11 is 5.51. The molecule has 0 spiro atoms. The van der Waals surface area contributed by atoms with Crippen LogP contribution < -0.4 is 16.2 Å². The molecule has 1 rings (SSSR count). The zero-order valence-electron chi connectivity index (χ0n) is 5.99. The summed E-state index contributed by atoms with van der Waals surface area (Å²) in [6.07, 6.45) is 3.82. The molecule has 0 aliphatic carbocycles. The van der Waals surface area contributed by atoms with Crippen LogP contribution in [0.5, 0.6) is 0 Å². The van der Waals surface area contributed by atoms with Crippen molar-refractivity contribution in [3.63, 3.8) is 0 Å². The van der Waals surface area contributed by atoms with Crippen molar-refractivity contribution in [2.75, 3.05) is 0 Å².